The van der Waals surface area contributed by atoms with E-state index in [0.29, 0.717) is 11.6 Å². The van der Waals surface area contributed by atoms with Crippen LogP contribution in [0.5, 0.6) is 0 Å². The van der Waals surface area contributed by atoms with Gasteiger partial charge in [-0.3, -0.25) is 24.4 Å². The normalized spacial score (nSPS) is 13.1. The third kappa shape index (κ3) is 10.4. The van der Waals surface area contributed by atoms with Crippen molar-refractivity contribution in [2.75, 3.05) is 39.2 Å². The van der Waals surface area contributed by atoms with E-state index in [2.05, 4.69) is 21.5 Å². The molecular formula is C30H34F3N5O8S. The molecule has 17 heteroatoms. The van der Waals surface area contributed by atoms with Gasteiger partial charge >= 0.3 is 12.2 Å². The van der Waals surface area contributed by atoms with Crippen LogP contribution in [0, 0.1) is 6.92 Å². The highest BCUT2D eigenvalue weighted by Crippen LogP contribution is 2.30. The first-order valence-corrected chi connectivity index (χ1v) is 16.0. The smallest absolute Gasteiger partial charge is 0.377 e. The van der Waals surface area contributed by atoms with Crippen LogP contribution < -0.4 is 27.0 Å². The highest BCUT2D eigenvalue weighted by Gasteiger charge is 2.31. The number of halogens is 3. The quantitative estimate of drug-likeness (QED) is 0.275. The summed E-state index contributed by atoms with van der Waals surface area (Å²) in [5, 5.41) is 4.87. The molecule has 0 atom stereocenters. The number of urea groups is 1. The standard InChI is InChI=1S/C26H26F3N5O6S.C4H8O2/c1-4-30-25(38)33-32-23(36)20-13-21(22(35)31-14-16-8-10-19(11-9-16)41(3,39)40)24(37)34(15(20)2)18-7-5-6-17(12-18)26(27,28)29;1-2-6-4-3-5-1/h5-13H,4,14H2,1-3H3,(H,31,35)(H,32,36)(H2,30,33,38);1-4H2. The van der Waals surface area contributed by atoms with E-state index in [-0.39, 0.29) is 34.9 Å². The number of nitrogens with one attached hydrogen (secondary N) is 4. The molecule has 1 aromatic heterocycles. The van der Waals surface area contributed by atoms with Gasteiger partial charge < -0.3 is 20.1 Å². The number of aromatic nitrogens is 1. The molecule has 254 valence electrons. The fraction of sp³-hybridized carbons (Fsp3) is 0.333. The van der Waals surface area contributed by atoms with E-state index in [4.69, 9.17) is 9.47 Å². The third-order valence-electron chi connectivity index (χ3n) is 6.54. The van der Waals surface area contributed by atoms with Gasteiger partial charge in [0, 0.05) is 30.7 Å². The number of hydrogen-bond acceptors (Lipinski definition) is 8. The monoisotopic (exact) mass is 681 g/mol. The minimum Gasteiger partial charge on any atom is -0.377 e. The van der Waals surface area contributed by atoms with Crippen LogP contribution in [0.15, 0.2) is 64.3 Å². The highest BCUT2D eigenvalue weighted by atomic mass is 32.2. The van der Waals surface area contributed by atoms with Crippen LogP contribution in [-0.4, -0.2) is 70.1 Å². The van der Waals surface area contributed by atoms with Crippen molar-refractivity contribution in [1.82, 2.24) is 26.1 Å². The molecule has 1 aliphatic rings. The van der Waals surface area contributed by atoms with Crippen molar-refractivity contribution in [1.29, 1.82) is 0 Å². The zero-order chi connectivity index (χ0) is 34.8. The molecule has 13 nitrogen and oxygen atoms in total. The number of carbonyl (C=O) groups is 3. The minimum absolute atomic E-state index is 0.0620. The Kier molecular flexibility index (Phi) is 12.7. The van der Waals surface area contributed by atoms with Gasteiger partial charge in [-0.05, 0) is 55.8 Å². The molecule has 0 saturated carbocycles. The van der Waals surface area contributed by atoms with Crippen LogP contribution in [0.1, 0.15) is 44.5 Å². The fourth-order valence-corrected chi connectivity index (χ4v) is 4.82. The fourth-order valence-electron chi connectivity index (χ4n) is 4.19. The number of benzene rings is 2. The zero-order valence-corrected chi connectivity index (χ0v) is 26.5. The van der Waals surface area contributed by atoms with Gasteiger partial charge in [0.25, 0.3) is 17.4 Å². The van der Waals surface area contributed by atoms with Crippen molar-refractivity contribution in [2.24, 2.45) is 0 Å². The molecule has 3 aromatic rings. The van der Waals surface area contributed by atoms with E-state index in [1.54, 1.807) is 6.92 Å². The average molecular weight is 682 g/mol. The summed E-state index contributed by atoms with van der Waals surface area (Å²) < 4.78 is 74.2. The maximum Gasteiger partial charge on any atom is 0.416 e. The largest absolute Gasteiger partial charge is 0.416 e. The second-order valence-electron chi connectivity index (χ2n) is 10.0. The number of rotatable bonds is 7. The summed E-state index contributed by atoms with van der Waals surface area (Å²) in [7, 11) is -3.44. The molecule has 4 N–H and O–H groups in total. The number of hydrogen-bond donors (Lipinski definition) is 4. The van der Waals surface area contributed by atoms with E-state index < -0.39 is 50.5 Å². The molecule has 0 aliphatic carbocycles. The molecule has 2 heterocycles. The lowest BCUT2D eigenvalue weighted by molar-refractivity contribution is -0.137. The number of nitrogens with zero attached hydrogens (tertiary/aromatic N) is 1. The van der Waals surface area contributed by atoms with Crippen molar-refractivity contribution in [3.8, 4) is 5.69 Å². The van der Waals surface area contributed by atoms with Gasteiger partial charge in [-0.2, -0.15) is 13.2 Å². The van der Waals surface area contributed by atoms with Crippen molar-refractivity contribution >= 4 is 27.7 Å². The topological polar surface area (TPSA) is 174 Å². The Bertz CT molecular complexity index is 1740. The number of hydrazine groups is 1. The number of ether oxygens (including phenoxy) is 2. The molecule has 1 fully saturated rings. The highest BCUT2D eigenvalue weighted by molar-refractivity contribution is 7.90. The molecule has 47 heavy (non-hydrogen) atoms. The Balaban J connectivity index is 0.000000896. The molecule has 4 rings (SSSR count). The first-order chi connectivity index (χ1) is 22.1. The van der Waals surface area contributed by atoms with E-state index in [1.165, 1.54) is 37.3 Å². The second-order valence-corrected chi connectivity index (χ2v) is 12.0. The second kappa shape index (κ2) is 16.2. The predicted octanol–water partition coefficient (Wildman–Crippen LogP) is 2.50. The van der Waals surface area contributed by atoms with Gasteiger partial charge in [0.1, 0.15) is 5.56 Å². The number of amides is 4. The van der Waals surface area contributed by atoms with Crippen LogP contribution in [0.4, 0.5) is 18.0 Å². The Hall–Kier alpha value is -4.74. The summed E-state index contributed by atoms with van der Waals surface area (Å²) in [5.41, 5.74) is 1.45. The molecule has 0 bridgehead atoms. The minimum atomic E-state index is -4.73. The predicted molar refractivity (Wildman–Crippen MR) is 164 cm³/mol. The van der Waals surface area contributed by atoms with Crippen molar-refractivity contribution in [3.63, 3.8) is 0 Å². The third-order valence-corrected chi connectivity index (χ3v) is 7.67. The van der Waals surface area contributed by atoms with Gasteiger partial charge in [-0.1, -0.05) is 18.2 Å². The lowest BCUT2D eigenvalue weighted by Gasteiger charge is -2.18. The Morgan fingerprint density at radius 2 is 1.49 bits per heavy atom. The van der Waals surface area contributed by atoms with Crippen molar-refractivity contribution < 1.29 is 45.4 Å². The summed E-state index contributed by atoms with van der Waals surface area (Å²) >= 11 is 0. The maximum atomic E-state index is 13.4. The molecular weight excluding hydrogens is 647 g/mol. The SMILES string of the molecule is C1COCCO1.CCNC(=O)NNC(=O)c1cc(C(=O)NCc2ccc(S(C)(=O)=O)cc2)c(=O)n(-c2cccc(C(F)(F)F)c2)c1C. The molecule has 1 saturated heterocycles. The lowest BCUT2D eigenvalue weighted by Crippen LogP contribution is -2.47. The zero-order valence-electron chi connectivity index (χ0n) is 25.7. The van der Waals surface area contributed by atoms with Crippen LogP contribution in [0.25, 0.3) is 5.69 Å². The summed E-state index contributed by atoms with van der Waals surface area (Å²) in [6.45, 7) is 6.16. The van der Waals surface area contributed by atoms with Gasteiger partial charge in [-0.25, -0.2) is 18.6 Å². The summed E-state index contributed by atoms with van der Waals surface area (Å²) in [5.74, 6) is -1.89. The average Bonchev–Trinajstić information content (AvgIpc) is 3.03. The number of carbonyl (C=O) groups excluding carboxylic acids is 3. The molecule has 4 amide bonds. The van der Waals surface area contributed by atoms with Gasteiger partial charge in [0.2, 0.25) is 0 Å². The first-order valence-electron chi connectivity index (χ1n) is 14.1. The Labute approximate surface area is 268 Å². The van der Waals surface area contributed by atoms with Crippen LogP contribution in [0.3, 0.4) is 0 Å². The van der Waals surface area contributed by atoms with Crippen LogP contribution in [0.2, 0.25) is 0 Å². The maximum absolute atomic E-state index is 13.4. The molecule has 0 unspecified atom stereocenters. The molecule has 1 aliphatic heterocycles. The molecule has 0 radical (unpaired) electrons. The Morgan fingerprint density at radius 1 is 0.872 bits per heavy atom. The molecule has 2 aromatic carbocycles. The van der Waals surface area contributed by atoms with Gasteiger partial charge in [0.15, 0.2) is 9.84 Å². The summed E-state index contributed by atoms with van der Waals surface area (Å²) in [6.07, 6.45) is -3.69. The van der Waals surface area contributed by atoms with Crippen LogP contribution >= 0.6 is 0 Å². The van der Waals surface area contributed by atoms with E-state index in [0.717, 1.165) is 55.4 Å². The Morgan fingerprint density at radius 3 is 2.02 bits per heavy atom. The van der Waals surface area contributed by atoms with Gasteiger partial charge in [-0.15, -0.1) is 0 Å². The number of sulfone groups is 1. The summed E-state index contributed by atoms with van der Waals surface area (Å²) in [6, 6.07) is 9.62. The molecule has 0 spiro atoms. The number of pyridine rings is 1. The van der Waals surface area contributed by atoms with E-state index >= 15 is 0 Å². The van der Waals surface area contributed by atoms with Crippen molar-refractivity contribution in [3.05, 3.63) is 92.9 Å². The van der Waals surface area contributed by atoms with E-state index in [1.807, 2.05) is 0 Å². The number of alkyl halides is 3. The first kappa shape index (κ1) is 36.7. The van der Waals surface area contributed by atoms with Crippen molar-refractivity contribution in [2.45, 2.75) is 31.5 Å². The van der Waals surface area contributed by atoms with E-state index in [9.17, 15) is 40.8 Å². The van der Waals surface area contributed by atoms with Gasteiger partial charge in [0.05, 0.1) is 42.4 Å². The lowest BCUT2D eigenvalue weighted by atomic mass is 10.1. The summed E-state index contributed by atoms with van der Waals surface area (Å²) in [4.78, 5) is 51.2. The van der Waals surface area contributed by atoms with Crippen LogP contribution in [-0.2, 0) is 32.0 Å².